The van der Waals surface area contributed by atoms with Gasteiger partial charge in [0.1, 0.15) is 0 Å². The Kier molecular flexibility index (Phi) is 5.09. The first kappa shape index (κ1) is 17.4. The molecule has 0 aliphatic carbocycles. The molecule has 130 valence electrons. The van der Waals surface area contributed by atoms with E-state index in [0.29, 0.717) is 16.3 Å². The van der Waals surface area contributed by atoms with Crippen LogP contribution in [-0.2, 0) is 0 Å². The highest BCUT2D eigenvalue weighted by Crippen LogP contribution is 2.13. The molecule has 0 aliphatic rings. The Hall–Kier alpha value is -3.45. The number of hydrogen-bond donors (Lipinski definition) is 2. The molecule has 0 unspecified atom stereocenters. The number of halogens is 1. The summed E-state index contributed by atoms with van der Waals surface area (Å²) in [5, 5.41) is 18.1. The van der Waals surface area contributed by atoms with Gasteiger partial charge in [-0.05, 0) is 18.2 Å². The number of para-hydroxylation sites is 1. The van der Waals surface area contributed by atoms with Crippen molar-refractivity contribution in [2.24, 2.45) is 5.10 Å². The van der Waals surface area contributed by atoms with Gasteiger partial charge in [-0.25, -0.2) is 5.43 Å². The molecule has 0 saturated carbocycles. The summed E-state index contributed by atoms with van der Waals surface area (Å²) in [6.07, 6.45) is 1.37. The summed E-state index contributed by atoms with van der Waals surface area (Å²) in [6.45, 7) is 0. The van der Waals surface area contributed by atoms with E-state index in [-0.39, 0.29) is 5.69 Å². The zero-order valence-electron chi connectivity index (χ0n) is 13.3. The highest BCUT2D eigenvalue weighted by Gasteiger charge is 2.16. The van der Waals surface area contributed by atoms with Crippen molar-refractivity contribution in [3.8, 4) is 11.4 Å². The molecule has 2 aromatic carbocycles. The fourth-order valence-electron chi connectivity index (χ4n) is 2.16. The zero-order chi connectivity index (χ0) is 18.5. The molecule has 0 atom stereocenters. The van der Waals surface area contributed by atoms with E-state index in [1.165, 1.54) is 6.21 Å². The van der Waals surface area contributed by atoms with Crippen LogP contribution in [0.2, 0.25) is 5.02 Å². The quantitative estimate of drug-likeness (QED) is 0.545. The van der Waals surface area contributed by atoms with Crippen molar-refractivity contribution >= 4 is 23.7 Å². The molecule has 3 aromatic rings. The Bertz CT molecular complexity index is 1030. The third-order valence-electron chi connectivity index (χ3n) is 3.40. The lowest BCUT2D eigenvalue weighted by Crippen LogP contribution is -2.27. The summed E-state index contributed by atoms with van der Waals surface area (Å²) in [5.74, 6) is -1.30. The number of nitrogens with one attached hydrogen (secondary N) is 1. The number of aromatic nitrogens is 2. The molecule has 2 N–H and O–H groups in total. The predicted molar refractivity (Wildman–Crippen MR) is 98.0 cm³/mol. The van der Waals surface area contributed by atoms with Gasteiger partial charge < -0.3 is 5.11 Å². The van der Waals surface area contributed by atoms with Crippen molar-refractivity contribution < 1.29 is 9.90 Å². The van der Waals surface area contributed by atoms with Crippen molar-refractivity contribution in [1.29, 1.82) is 0 Å². The Balaban J connectivity index is 1.86. The van der Waals surface area contributed by atoms with E-state index in [0.717, 1.165) is 10.7 Å². The van der Waals surface area contributed by atoms with Gasteiger partial charge in [-0.2, -0.15) is 14.9 Å². The van der Waals surface area contributed by atoms with Crippen LogP contribution in [0, 0.1) is 0 Å². The van der Waals surface area contributed by atoms with Crippen LogP contribution in [0.1, 0.15) is 16.1 Å². The number of hydrazone groups is 1. The summed E-state index contributed by atoms with van der Waals surface area (Å²) in [4.78, 5) is 24.3. The molecular weight excluding hydrogens is 356 g/mol. The standard InChI is InChI=1S/C18H13ClN4O3/c19-14-9-5-4-6-12(14)11-20-21-18(26)17-15(24)10-16(25)23(22-17)13-7-2-1-3-8-13/h1-11,24H,(H,21,26)/b20-11+. The van der Waals surface area contributed by atoms with Crippen molar-refractivity contribution in [1.82, 2.24) is 15.2 Å². The average Bonchev–Trinajstić information content (AvgIpc) is 2.64. The molecule has 8 heteroatoms. The molecule has 0 fully saturated rings. The molecule has 0 radical (unpaired) electrons. The summed E-state index contributed by atoms with van der Waals surface area (Å²) in [5.41, 5.74) is 2.43. The highest BCUT2D eigenvalue weighted by atomic mass is 35.5. The Morgan fingerprint density at radius 3 is 2.58 bits per heavy atom. The minimum atomic E-state index is -0.768. The summed E-state index contributed by atoms with van der Waals surface area (Å²) >= 11 is 5.99. The summed E-state index contributed by atoms with van der Waals surface area (Å²) in [6, 6.07) is 16.4. The molecule has 1 amide bonds. The van der Waals surface area contributed by atoms with Gasteiger partial charge in [-0.1, -0.05) is 48.0 Å². The van der Waals surface area contributed by atoms with Crippen molar-refractivity contribution in [3.05, 3.63) is 87.3 Å². The number of carbonyl (C=O) groups excluding carboxylic acids is 1. The maximum absolute atomic E-state index is 12.2. The number of carbonyl (C=O) groups is 1. The normalized spacial score (nSPS) is 10.8. The van der Waals surface area contributed by atoms with Gasteiger partial charge >= 0.3 is 0 Å². The van der Waals surface area contributed by atoms with Crippen LogP contribution in [-0.4, -0.2) is 27.0 Å². The first-order valence-corrected chi connectivity index (χ1v) is 7.91. The van der Waals surface area contributed by atoms with Crippen LogP contribution >= 0.6 is 11.6 Å². The zero-order valence-corrected chi connectivity index (χ0v) is 14.1. The minimum absolute atomic E-state index is 0.329. The summed E-state index contributed by atoms with van der Waals surface area (Å²) in [7, 11) is 0. The fraction of sp³-hybridized carbons (Fsp3) is 0. The maximum Gasteiger partial charge on any atom is 0.295 e. The molecule has 0 bridgehead atoms. The molecular formula is C18H13ClN4O3. The number of rotatable bonds is 4. The van der Waals surface area contributed by atoms with Crippen LogP contribution in [0.25, 0.3) is 5.69 Å². The van der Waals surface area contributed by atoms with E-state index in [2.05, 4.69) is 15.6 Å². The van der Waals surface area contributed by atoms with E-state index in [1.807, 2.05) is 0 Å². The second kappa shape index (κ2) is 7.62. The van der Waals surface area contributed by atoms with E-state index in [1.54, 1.807) is 54.6 Å². The molecule has 7 nitrogen and oxygen atoms in total. The predicted octanol–water partition coefficient (Wildman–Crippen LogP) is 2.36. The number of nitrogens with zero attached hydrogens (tertiary/aromatic N) is 3. The van der Waals surface area contributed by atoms with Crippen LogP contribution in [0.3, 0.4) is 0 Å². The number of hydrogen-bond acceptors (Lipinski definition) is 5. The lowest BCUT2D eigenvalue weighted by atomic mass is 10.2. The molecule has 1 heterocycles. The van der Waals surface area contributed by atoms with Crippen molar-refractivity contribution in [3.63, 3.8) is 0 Å². The van der Waals surface area contributed by atoms with Crippen LogP contribution in [0.4, 0.5) is 0 Å². The SMILES string of the molecule is O=C(N/N=C/c1ccccc1Cl)c1nn(-c2ccccc2)c(=O)cc1O. The molecule has 0 spiro atoms. The van der Waals surface area contributed by atoms with E-state index in [4.69, 9.17) is 11.6 Å². The van der Waals surface area contributed by atoms with Crippen LogP contribution in [0.5, 0.6) is 5.75 Å². The van der Waals surface area contributed by atoms with Gasteiger partial charge in [-0.15, -0.1) is 0 Å². The van der Waals surface area contributed by atoms with Crippen LogP contribution in [0.15, 0.2) is 70.6 Å². The highest BCUT2D eigenvalue weighted by molar-refractivity contribution is 6.33. The number of benzene rings is 2. The average molecular weight is 369 g/mol. The molecule has 0 aliphatic heterocycles. The Morgan fingerprint density at radius 2 is 1.85 bits per heavy atom. The van der Waals surface area contributed by atoms with Gasteiger partial charge in [0, 0.05) is 16.7 Å². The Labute approximate surface area is 153 Å². The monoisotopic (exact) mass is 368 g/mol. The number of aromatic hydroxyl groups is 1. The molecule has 3 rings (SSSR count). The van der Waals surface area contributed by atoms with Gasteiger partial charge in [0.25, 0.3) is 11.5 Å². The van der Waals surface area contributed by atoms with Gasteiger partial charge in [0.2, 0.25) is 0 Å². The van der Waals surface area contributed by atoms with Gasteiger partial charge in [0.15, 0.2) is 11.4 Å². The maximum atomic E-state index is 12.2. The van der Waals surface area contributed by atoms with Crippen LogP contribution < -0.4 is 11.0 Å². The largest absolute Gasteiger partial charge is 0.505 e. The van der Waals surface area contributed by atoms with E-state index in [9.17, 15) is 14.7 Å². The first-order chi connectivity index (χ1) is 12.6. The van der Waals surface area contributed by atoms with Crippen molar-refractivity contribution in [2.45, 2.75) is 0 Å². The van der Waals surface area contributed by atoms with Gasteiger partial charge in [-0.3, -0.25) is 9.59 Å². The third kappa shape index (κ3) is 3.79. The number of amides is 1. The topological polar surface area (TPSA) is 96.6 Å². The van der Waals surface area contributed by atoms with E-state index < -0.39 is 17.2 Å². The second-order valence-electron chi connectivity index (χ2n) is 5.18. The van der Waals surface area contributed by atoms with Gasteiger partial charge in [0.05, 0.1) is 11.9 Å². The molecule has 1 aromatic heterocycles. The molecule has 26 heavy (non-hydrogen) atoms. The first-order valence-electron chi connectivity index (χ1n) is 7.53. The van der Waals surface area contributed by atoms with Crippen molar-refractivity contribution in [2.75, 3.05) is 0 Å². The molecule has 0 saturated heterocycles. The third-order valence-corrected chi connectivity index (χ3v) is 3.75. The smallest absolute Gasteiger partial charge is 0.295 e. The fourth-order valence-corrected chi connectivity index (χ4v) is 2.34. The minimum Gasteiger partial charge on any atom is -0.505 e. The Morgan fingerprint density at radius 1 is 1.15 bits per heavy atom. The van der Waals surface area contributed by atoms with E-state index >= 15 is 0 Å². The second-order valence-corrected chi connectivity index (χ2v) is 5.59. The summed E-state index contributed by atoms with van der Waals surface area (Å²) < 4.78 is 1.02. The lowest BCUT2D eigenvalue weighted by Gasteiger charge is -2.07. The lowest BCUT2D eigenvalue weighted by molar-refractivity contribution is 0.0945.